The Bertz CT molecular complexity index is 1320. The summed E-state index contributed by atoms with van der Waals surface area (Å²) in [4.78, 5) is 15.3. The molecule has 4 rings (SSSR count). The van der Waals surface area contributed by atoms with Crippen LogP contribution >= 0.6 is 23.2 Å². The Hall–Kier alpha value is -2.81. The van der Waals surface area contributed by atoms with Crippen molar-refractivity contribution in [1.82, 2.24) is 0 Å². The van der Waals surface area contributed by atoms with Crippen LogP contribution in [0.1, 0.15) is 42.9 Å². The summed E-state index contributed by atoms with van der Waals surface area (Å²) in [6.45, 7) is 2.46. The molecule has 39 heavy (non-hydrogen) atoms. The number of anilines is 1. The number of aryl methyl sites for hydroxylation is 1. The van der Waals surface area contributed by atoms with Gasteiger partial charge in [0.15, 0.2) is 5.75 Å². The predicted octanol–water partition coefficient (Wildman–Crippen LogP) is 7.63. The van der Waals surface area contributed by atoms with E-state index in [-0.39, 0.29) is 41.1 Å². The van der Waals surface area contributed by atoms with Gasteiger partial charge in [-0.15, -0.1) is 0 Å². The highest BCUT2D eigenvalue weighted by Gasteiger charge is 2.59. The molecule has 0 aromatic heterocycles. The number of benzene rings is 3. The van der Waals surface area contributed by atoms with Crippen molar-refractivity contribution in [2.24, 2.45) is 0 Å². The topological polar surface area (TPSA) is 49.8 Å². The molecule has 2 unspecified atom stereocenters. The molecule has 208 valence electrons. The number of nitrogens with zero attached hydrogens (tertiary/aromatic N) is 1. The average molecular weight is 584 g/mol. The van der Waals surface area contributed by atoms with Crippen LogP contribution in [0, 0.1) is 0 Å². The van der Waals surface area contributed by atoms with E-state index in [4.69, 9.17) is 27.9 Å². The summed E-state index contributed by atoms with van der Waals surface area (Å²) in [5.74, 6) is -0.654. The van der Waals surface area contributed by atoms with Crippen LogP contribution in [0.5, 0.6) is 5.75 Å². The number of alkyl halides is 4. The second-order valence-corrected chi connectivity index (χ2v) is 10.4. The summed E-state index contributed by atoms with van der Waals surface area (Å²) in [7, 11) is 0. The van der Waals surface area contributed by atoms with Gasteiger partial charge >= 0.3 is 6.18 Å². The van der Waals surface area contributed by atoms with Crippen LogP contribution in [0.3, 0.4) is 0 Å². The van der Waals surface area contributed by atoms with Gasteiger partial charge in [-0.25, -0.2) is 4.39 Å². The number of halogens is 6. The molecule has 4 atom stereocenters. The van der Waals surface area contributed by atoms with Gasteiger partial charge in [0.1, 0.15) is 12.3 Å². The van der Waals surface area contributed by atoms with Crippen LogP contribution < -0.4 is 9.64 Å². The lowest BCUT2D eigenvalue weighted by Gasteiger charge is -2.33. The number of ether oxygens (including phenoxy) is 1. The van der Waals surface area contributed by atoms with Crippen molar-refractivity contribution in [2.45, 2.75) is 56.7 Å². The van der Waals surface area contributed by atoms with Crippen LogP contribution in [-0.4, -0.2) is 36.0 Å². The number of hydrogen-bond donors (Lipinski definition) is 1. The minimum atomic E-state index is -5.26. The maximum atomic E-state index is 14.2. The third-order valence-electron chi connectivity index (χ3n) is 7.08. The highest BCUT2D eigenvalue weighted by molar-refractivity contribution is 6.37. The molecule has 0 radical (unpaired) electrons. The van der Waals surface area contributed by atoms with Crippen LogP contribution in [0.2, 0.25) is 10.0 Å². The summed E-state index contributed by atoms with van der Waals surface area (Å²) >= 11 is 12.6. The van der Waals surface area contributed by atoms with Gasteiger partial charge in [0, 0.05) is 5.69 Å². The fourth-order valence-electron chi connectivity index (χ4n) is 4.80. The van der Waals surface area contributed by atoms with Gasteiger partial charge in [-0.1, -0.05) is 71.7 Å². The first-order valence-corrected chi connectivity index (χ1v) is 13.1. The summed E-state index contributed by atoms with van der Waals surface area (Å²) in [5.41, 5.74) is -2.88. The Balaban J connectivity index is 1.77. The summed E-state index contributed by atoms with van der Waals surface area (Å²) in [6.07, 6.45) is -8.03. The Kier molecular flexibility index (Phi) is 8.50. The quantitative estimate of drug-likeness (QED) is 0.303. The van der Waals surface area contributed by atoms with Crippen molar-refractivity contribution < 1.29 is 32.2 Å². The van der Waals surface area contributed by atoms with Crippen molar-refractivity contribution in [1.29, 1.82) is 0 Å². The van der Waals surface area contributed by atoms with Gasteiger partial charge in [-0.3, -0.25) is 4.79 Å². The number of fused-ring (bicyclic) bond motifs is 1. The fraction of sp³-hybridized carbons (Fsp3) is 0.345. The van der Waals surface area contributed by atoms with E-state index >= 15 is 0 Å². The smallest absolute Gasteiger partial charge is 0.424 e. The van der Waals surface area contributed by atoms with Gasteiger partial charge in [0.2, 0.25) is 11.5 Å². The first-order chi connectivity index (χ1) is 18.3. The number of hydrogen-bond acceptors (Lipinski definition) is 3. The van der Waals surface area contributed by atoms with Gasteiger partial charge in [-0.2, -0.15) is 13.2 Å². The lowest BCUT2D eigenvalue weighted by atomic mass is 9.87. The molecule has 4 nitrogen and oxygen atoms in total. The van der Waals surface area contributed by atoms with E-state index in [1.54, 1.807) is 25.1 Å². The molecule has 1 aliphatic heterocycles. The molecule has 0 saturated heterocycles. The molecule has 1 aliphatic rings. The monoisotopic (exact) mass is 583 g/mol. The summed E-state index contributed by atoms with van der Waals surface area (Å²) < 4.78 is 61.9. The Morgan fingerprint density at radius 1 is 1.03 bits per heavy atom. The SMILES string of the molecule is CC(F)C(O)(c1ccc2c(c1)CC[C@H](Oc1c(Cl)cccc1Cl)CN2C(=O)[C@@H](C)c1ccccc1)C(F)(F)F. The fourth-order valence-corrected chi connectivity index (χ4v) is 5.29. The third kappa shape index (κ3) is 5.74. The third-order valence-corrected chi connectivity index (χ3v) is 7.67. The molecule has 0 fully saturated rings. The van der Waals surface area contributed by atoms with E-state index in [0.29, 0.717) is 18.2 Å². The van der Waals surface area contributed by atoms with E-state index in [9.17, 15) is 27.5 Å². The zero-order chi connectivity index (χ0) is 28.5. The largest absolute Gasteiger partial charge is 0.485 e. The van der Waals surface area contributed by atoms with Gasteiger partial charge in [-0.05, 0) is 61.6 Å². The number of aliphatic hydroxyl groups is 1. The van der Waals surface area contributed by atoms with Gasteiger partial charge < -0.3 is 14.7 Å². The summed E-state index contributed by atoms with van der Waals surface area (Å²) in [6, 6.07) is 17.4. The number of amides is 1. The molecule has 3 aromatic rings. The van der Waals surface area contributed by atoms with Crippen LogP contribution in [-0.2, 0) is 16.8 Å². The maximum absolute atomic E-state index is 14.2. The standard InChI is InChI=1S/C29H27Cl2F4NO3/c1-17(19-7-4-3-5-8-19)27(37)36-16-22(39-26-23(30)9-6-10-24(26)31)13-11-20-15-21(12-14-25(20)36)28(38,18(2)32)29(33,34)35/h3-10,12,14-15,17-18,22,38H,11,13,16H2,1-2H3/t17-,18?,22-,28?/m0/s1. The average Bonchev–Trinajstić information content (AvgIpc) is 3.08. The number of para-hydroxylation sites is 1. The maximum Gasteiger partial charge on any atom is 0.424 e. The van der Waals surface area contributed by atoms with Crippen molar-refractivity contribution in [3.05, 3.63) is 93.5 Å². The number of carbonyl (C=O) groups excluding carboxylic acids is 1. The van der Waals surface area contributed by atoms with Crippen molar-refractivity contribution >= 4 is 34.8 Å². The highest BCUT2D eigenvalue weighted by atomic mass is 35.5. The van der Waals surface area contributed by atoms with E-state index in [0.717, 1.165) is 17.7 Å². The highest BCUT2D eigenvalue weighted by Crippen LogP contribution is 2.45. The molecule has 0 aliphatic carbocycles. The first-order valence-electron chi connectivity index (χ1n) is 12.4. The normalized spacial score (nSPS) is 18.9. The van der Waals surface area contributed by atoms with Crippen molar-refractivity contribution in [3.8, 4) is 5.75 Å². The van der Waals surface area contributed by atoms with Crippen LogP contribution in [0.15, 0.2) is 66.7 Å². The molecule has 1 N–H and O–H groups in total. The Labute approximate surface area is 234 Å². The zero-order valence-electron chi connectivity index (χ0n) is 21.2. The second-order valence-electron chi connectivity index (χ2n) is 9.63. The van der Waals surface area contributed by atoms with Gasteiger partial charge in [0.05, 0.1) is 22.5 Å². The van der Waals surface area contributed by atoms with Crippen molar-refractivity contribution in [3.63, 3.8) is 0 Å². The lowest BCUT2D eigenvalue weighted by molar-refractivity contribution is -0.285. The van der Waals surface area contributed by atoms with Gasteiger partial charge in [0.25, 0.3) is 0 Å². The minimum absolute atomic E-state index is 0.0625. The Morgan fingerprint density at radius 2 is 1.67 bits per heavy atom. The molecule has 1 heterocycles. The Morgan fingerprint density at radius 3 is 2.26 bits per heavy atom. The number of carbonyl (C=O) groups is 1. The molecule has 0 spiro atoms. The van der Waals surface area contributed by atoms with E-state index in [2.05, 4.69) is 0 Å². The van der Waals surface area contributed by atoms with E-state index in [1.165, 1.54) is 11.0 Å². The van der Waals surface area contributed by atoms with Crippen LogP contribution in [0.25, 0.3) is 0 Å². The number of rotatable bonds is 6. The lowest BCUT2D eigenvalue weighted by Crippen LogP contribution is -2.49. The first kappa shape index (κ1) is 29.2. The molecule has 0 saturated carbocycles. The second kappa shape index (κ2) is 11.4. The molecule has 0 bridgehead atoms. The molecule has 10 heteroatoms. The molecular weight excluding hydrogens is 557 g/mol. The minimum Gasteiger partial charge on any atom is -0.485 e. The predicted molar refractivity (Wildman–Crippen MR) is 143 cm³/mol. The summed E-state index contributed by atoms with van der Waals surface area (Å²) in [5, 5.41) is 11.0. The molecule has 3 aromatic carbocycles. The van der Waals surface area contributed by atoms with E-state index in [1.807, 2.05) is 30.3 Å². The molecule has 1 amide bonds. The van der Waals surface area contributed by atoms with E-state index < -0.39 is 35.5 Å². The molecular formula is C29H27Cl2F4NO3. The van der Waals surface area contributed by atoms with Crippen LogP contribution in [0.4, 0.5) is 23.2 Å². The van der Waals surface area contributed by atoms with Crippen molar-refractivity contribution in [2.75, 3.05) is 11.4 Å². The zero-order valence-corrected chi connectivity index (χ0v) is 22.7.